The highest BCUT2D eigenvalue weighted by Gasteiger charge is 2.30. The smallest absolute Gasteiger partial charge is 0.309 e. The van der Waals surface area contributed by atoms with E-state index in [1.54, 1.807) is 30.4 Å². The van der Waals surface area contributed by atoms with Gasteiger partial charge in [-0.05, 0) is 56.5 Å². The number of carbonyl (C=O) groups is 2. The number of benzene rings is 1. The molecule has 0 saturated carbocycles. The van der Waals surface area contributed by atoms with Crippen molar-refractivity contribution in [1.82, 2.24) is 9.47 Å². The molecular formula is C23H25FN2O3S. The van der Waals surface area contributed by atoms with Gasteiger partial charge in [-0.1, -0.05) is 12.1 Å². The molecule has 1 amide bonds. The fourth-order valence-electron chi connectivity index (χ4n) is 4.03. The van der Waals surface area contributed by atoms with Crippen LogP contribution in [0.1, 0.15) is 40.7 Å². The molecule has 5 nitrogen and oxygen atoms in total. The Labute approximate surface area is 179 Å². The summed E-state index contributed by atoms with van der Waals surface area (Å²) >= 11 is 1.66. The Hall–Kier alpha value is -2.67. The average molecular weight is 429 g/mol. The molecule has 0 radical (unpaired) electrons. The number of amides is 1. The van der Waals surface area contributed by atoms with E-state index in [1.165, 1.54) is 17.0 Å². The summed E-state index contributed by atoms with van der Waals surface area (Å²) < 4.78 is 21.5. The van der Waals surface area contributed by atoms with Crippen LogP contribution in [-0.4, -0.2) is 41.0 Å². The van der Waals surface area contributed by atoms with Crippen LogP contribution < -0.4 is 0 Å². The van der Waals surface area contributed by atoms with Crippen LogP contribution in [0.3, 0.4) is 0 Å². The normalized spacial score (nSPS) is 15.0. The minimum Gasteiger partial charge on any atom is -0.466 e. The molecule has 0 N–H and O–H groups in total. The van der Waals surface area contributed by atoms with E-state index in [1.807, 2.05) is 15.5 Å². The van der Waals surface area contributed by atoms with Crippen molar-refractivity contribution in [3.63, 3.8) is 0 Å². The Kier molecular flexibility index (Phi) is 5.90. The van der Waals surface area contributed by atoms with Gasteiger partial charge in [-0.2, -0.15) is 0 Å². The summed E-state index contributed by atoms with van der Waals surface area (Å²) in [6, 6.07) is 10.4. The van der Waals surface area contributed by atoms with E-state index >= 15 is 0 Å². The molecule has 4 rings (SSSR count). The average Bonchev–Trinajstić information content (AvgIpc) is 3.26. The number of esters is 1. The van der Waals surface area contributed by atoms with Gasteiger partial charge < -0.3 is 14.2 Å². The van der Waals surface area contributed by atoms with E-state index in [0.29, 0.717) is 44.8 Å². The van der Waals surface area contributed by atoms with Crippen LogP contribution in [0.5, 0.6) is 0 Å². The molecule has 2 aromatic heterocycles. The Balaban J connectivity index is 1.57. The zero-order chi connectivity index (χ0) is 21.3. The summed E-state index contributed by atoms with van der Waals surface area (Å²) in [6.07, 6.45) is 1.24. The fourth-order valence-corrected chi connectivity index (χ4v) is 4.99. The molecule has 1 aliphatic heterocycles. The second kappa shape index (κ2) is 8.60. The first-order valence-electron chi connectivity index (χ1n) is 10.3. The van der Waals surface area contributed by atoms with E-state index in [2.05, 4.69) is 13.0 Å². The van der Waals surface area contributed by atoms with Crippen molar-refractivity contribution < 1.29 is 18.7 Å². The fraction of sp³-hybridized carbons (Fsp3) is 0.391. The highest BCUT2D eigenvalue weighted by Crippen LogP contribution is 2.31. The molecule has 0 atom stereocenters. The number of hydrogen-bond donors (Lipinski definition) is 0. The van der Waals surface area contributed by atoms with Crippen LogP contribution in [-0.2, 0) is 16.1 Å². The SMILES string of the molecule is CCOC(=O)C1CCN(C(=O)c2cc3sc(C)cc3n2Cc2ccc(F)cc2)CC1. The second-order valence-corrected chi connectivity index (χ2v) is 8.96. The number of carbonyl (C=O) groups excluding carboxylic acids is 2. The Bertz CT molecular complexity index is 1060. The first kappa shape index (κ1) is 20.6. The van der Waals surface area contributed by atoms with Crippen molar-refractivity contribution >= 4 is 33.4 Å². The third-order valence-electron chi connectivity index (χ3n) is 5.59. The molecule has 1 saturated heterocycles. The molecule has 3 heterocycles. The van der Waals surface area contributed by atoms with E-state index in [0.717, 1.165) is 15.8 Å². The maximum atomic E-state index is 13.4. The largest absolute Gasteiger partial charge is 0.466 e. The summed E-state index contributed by atoms with van der Waals surface area (Å²) in [7, 11) is 0. The Morgan fingerprint density at radius 3 is 2.53 bits per heavy atom. The lowest BCUT2D eigenvalue weighted by atomic mass is 9.97. The number of thiophene rings is 1. The van der Waals surface area contributed by atoms with Crippen LogP contribution in [0.25, 0.3) is 10.2 Å². The number of nitrogens with zero attached hydrogens (tertiary/aromatic N) is 2. The van der Waals surface area contributed by atoms with Gasteiger partial charge >= 0.3 is 5.97 Å². The molecule has 1 aliphatic rings. The zero-order valence-electron chi connectivity index (χ0n) is 17.2. The molecule has 0 bridgehead atoms. The van der Waals surface area contributed by atoms with Crippen molar-refractivity contribution in [2.24, 2.45) is 5.92 Å². The minimum absolute atomic E-state index is 0.0273. The second-order valence-electron chi connectivity index (χ2n) is 7.67. The summed E-state index contributed by atoms with van der Waals surface area (Å²) in [4.78, 5) is 28.3. The van der Waals surface area contributed by atoms with E-state index in [4.69, 9.17) is 4.74 Å². The lowest BCUT2D eigenvalue weighted by Gasteiger charge is -2.31. The van der Waals surface area contributed by atoms with Crippen molar-refractivity contribution in [3.05, 3.63) is 58.3 Å². The lowest BCUT2D eigenvalue weighted by molar-refractivity contribution is -0.149. The van der Waals surface area contributed by atoms with Crippen molar-refractivity contribution in [1.29, 1.82) is 0 Å². The molecule has 1 fully saturated rings. The van der Waals surface area contributed by atoms with Gasteiger partial charge in [-0.25, -0.2) is 4.39 Å². The standard InChI is InChI=1S/C23H25FN2O3S/c1-3-29-23(28)17-8-10-25(11-9-17)22(27)20-13-21-19(12-15(2)30-21)26(20)14-16-4-6-18(24)7-5-16/h4-7,12-13,17H,3,8-11,14H2,1-2H3. The van der Waals surface area contributed by atoms with Crippen LogP contribution >= 0.6 is 11.3 Å². The van der Waals surface area contributed by atoms with Gasteiger partial charge in [0.2, 0.25) is 0 Å². The highest BCUT2D eigenvalue weighted by molar-refractivity contribution is 7.19. The Morgan fingerprint density at radius 2 is 1.87 bits per heavy atom. The molecule has 3 aromatic rings. The van der Waals surface area contributed by atoms with Crippen molar-refractivity contribution in [2.75, 3.05) is 19.7 Å². The lowest BCUT2D eigenvalue weighted by Crippen LogP contribution is -2.41. The summed E-state index contributed by atoms with van der Waals surface area (Å²) in [5.41, 5.74) is 2.59. The third-order valence-corrected chi connectivity index (χ3v) is 6.57. The molecule has 1 aromatic carbocycles. The molecular weight excluding hydrogens is 403 g/mol. The number of halogens is 1. The van der Waals surface area contributed by atoms with Crippen LogP contribution in [0.2, 0.25) is 0 Å². The molecule has 30 heavy (non-hydrogen) atoms. The number of hydrogen-bond acceptors (Lipinski definition) is 4. The molecule has 158 valence electrons. The number of fused-ring (bicyclic) bond motifs is 1. The number of rotatable bonds is 5. The molecule has 0 spiro atoms. The zero-order valence-corrected chi connectivity index (χ0v) is 18.0. The molecule has 0 aliphatic carbocycles. The number of aromatic nitrogens is 1. The predicted molar refractivity (Wildman–Crippen MR) is 115 cm³/mol. The topological polar surface area (TPSA) is 51.5 Å². The number of aryl methyl sites for hydroxylation is 1. The minimum atomic E-state index is -0.274. The quantitative estimate of drug-likeness (QED) is 0.558. The maximum Gasteiger partial charge on any atom is 0.309 e. The summed E-state index contributed by atoms with van der Waals surface area (Å²) in [6.45, 7) is 5.81. The van der Waals surface area contributed by atoms with Crippen molar-refractivity contribution in [2.45, 2.75) is 33.2 Å². The van der Waals surface area contributed by atoms with Gasteiger partial charge in [0, 0.05) is 24.5 Å². The van der Waals surface area contributed by atoms with Gasteiger partial charge in [0.25, 0.3) is 5.91 Å². The molecule has 7 heteroatoms. The predicted octanol–water partition coefficient (Wildman–Crippen LogP) is 4.61. The Morgan fingerprint density at radius 1 is 1.17 bits per heavy atom. The van der Waals surface area contributed by atoms with E-state index in [-0.39, 0.29) is 23.6 Å². The first-order valence-corrected chi connectivity index (χ1v) is 11.1. The summed E-state index contributed by atoms with van der Waals surface area (Å²) in [5.74, 6) is -0.601. The van der Waals surface area contributed by atoms with Crippen molar-refractivity contribution in [3.8, 4) is 0 Å². The monoisotopic (exact) mass is 428 g/mol. The maximum absolute atomic E-state index is 13.4. The number of likely N-dealkylation sites (tertiary alicyclic amines) is 1. The number of ether oxygens (including phenoxy) is 1. The molecule has 0 unspecified atom stereocenters. The van der Waals surface area contributed by atoms with Gasteiger partial charge in [0.05, 0.1) is 22.7 Å². The van der Waals surface area contributed by atoms with Gasteiger partial charge in [0.1, 0.15) is 11.5 Å². The van der Waals surface area contributed by atoms with E-state index in [9.17, 15) is 14.0 Å². The van der Waals surface area contributed by atoms with E-state index < -0.39 is 0 Å². The summed E-state index contributed by atoms with van der Waals surface area (Å²) in [5, 5.41) is 0. The number of piperidine rings is 1. The third kappa shape index (κ3) is 4.12. The van der Waals surface area contributed by atoms with Gasteiger partial charge in [-0.3, -0.25) is 9.59 Å². The highest BCUT2D eigenvalue weighted by atomic mass is 32.1. The van der Waals surface area contributed by atoms with Crippen LogP contribution in [0.4, 0.5) is 4.39 Å². The van der Waals surface area contributed by atoms with Crippen LogP contribution in [0, 0.1) is 18.7 Å². The van der Waals surface area contributed by atoms with Crippen LogP contribution in [0.15, 0.2) is 36.4 Å². The van der Waals surface area contributed by atoms with Gasteiger partial charge in [0.15, 0.2) is 0 Å². The first-order chi connectivity index (χ1) is 14.5. The van der Waals surface area contributed by atoms with Gasteiger partial charge in [-0.15, -0.1) is 11.3 Å².